The van der Waals surface area contributed by atoms with E-state index in [1.807, 2.05) is 24.0 Å². The lowest BCUT2D eigenvalue weighted by Crippen LogP contribution is -2.32. The summed E-state index contributed by atoms with van der Waals surface area (Å²) in [5.74, 6) is -0.814. The van der Waals surface area contributed by atoms with E-state index >= 15 is 0 Å². The summed E-state index contributed by atoms with van der Waals surface area (Å²) in [4.78, 5) is 17.8. The van der Waals surface area contributed by atoms with Gasteiger partial charge < -0.3 is 10.0 Å². The quantitative estimate of drug-likeness (QED) is 0.914. The van der Waals surface area contributed by atoms with E-state index in [0.717, 1.165) is 16.6 Å². The highest BCUT2D eigenvalue weighted by Gasteiger charge is 2.41. The molecule has 1 atom stereocenters. The fourth-order valence-electron chi connectivity index (χ4n) is 3.13. The second-order valence-electron chi connectivity index (χ2n) is 6.31. The Hall–Kier alpha value is -2.32. The molecule has 3 rings (SSSR count). The van der Waals surface area contributed by atoms with Crippen LogP contribution in [0.1, 0.15) is 24.5 Å². The van der Waals surface area contributed by atoms with Crippen molar-refractivity contribution in [1.29, 1.82) is 5.26 Å². The highest BCUT2D eigenvalue weighted by molar-refractivity contribution is 6.35. The van der Waals surface area contributed by atoms with Gasteiger partial charge in [0.05, 0.1) is 27.2 Å². The Balaban J connectivity index is 2.21. The maximum absolute atomic E-state index is 11.5. The Bertz CT molecular complexity index is 859. The van der Waals surface area contributed by atoms with Gasteiger partial charge >= 0.3 is 5.97 Å². The lowest BCUT2D eigenvalue weighted by atomic mass is 9.90. The van der Waals surface area contributed by atoms with Crippen LogP contribution in [0.25, 0.3) is 10.9 Å². The van der Waals surface area contributed by atoms with Gasteiger partial charge in [-0.2, -0.15) is 5.26 Å². The molecular formula is C17H16ClN3O2. The monoisotopic (exact) mass is 329 g/mol. The SMILES string of the molecule is Cc1cc(Cl)c2ncc(C#N)c(N3CCC(C)(C(=O)O)C3)c2c1. The number of nitriles is 1. The van der Waals surface area contributed by atoms with Crippen LogP contribution < -0.4 is 4.90 Å². The topological polar surface area (TPSA) is 77.2 Å². The lowest BCUT2D eigenvalue weighted by Gasteiger charge is -2.24. The summed E-state index contributed by atoms with van der Waals surface area (Å²) in [6.07, 6.45) is 2.05. The molecule has 5 nitrogen and oxygen atoms in total. The first-order valence-electron chi connectivity index (χ1n) is 7.33. The number of aromatic nitrogens is 1. The van der Waals surface area contributed by atoms with Crippen molar-refractivity contribution in [3.05, 3.63) is 34.5 Å². The van der Waals surface area contributed by atoms with E-state index in [1.54, 1.807) is 6.92 Å². The predicted molar refractivity (Wildman–Crippen MR) is 88.8 cm³/mol. The van der Waals surface area contributed by atoms with Crippen molar-refractivity contribution in [2.75, 3.05) is 18.0 Å². The predicted octanol–water partition coefficient (Wildman–Crippen LogP) is 3.37. The number of halogens is 1. The maximum Gasteiger partial charge on any atom is 0.311 e. The number of nitrogens with zero attached hydrogens (tertiary/aromatic N) is 3. The van der Waals surface area contributed by atoms with Crippen molar-refractivity contribution in [3.63, 3.8) is 0 Å². The molecule has 1 unspecified atom stereocenters. The zero-order chi connectivity index (χ0) is 16.8. The van der Waals surface area contributed by atoms with Gasteiger partial charge in [0.2, 0.25) is 0 Å². The molecular weight excluding hydrogens is 314 g/mol. The molecule has 1 fully saturated rings. The van der Waals surface area contributed by atoms with Crippen LogP contribution in [-0.2, 0) is 4.79 Å². The molecule has 118 valence electrons. The largest absolute Gasteiger partial charge is 0.481 e. The number of hydrogen-bond donors (Lipinski definition) is 1. The number of carboxylic acids is 1. The van der Waals surface area contributed by atoms with Gasteiger partial charge in [0, 0.05) is 24.7 Å². The molecule has 23 heavy (non-hydrogen) atoms. The van der Waals surface area contributed by atoms with Gasteiger partial charge in [-0.15, -0.1) is 0 Å². The average molecular weight is 330 g/mol. The molecule has 0 spiro atoms. The fourth-order valence-corrected chi connectivity index (χ4v) is 3.45. The minimum atomic E-state index is -0.814. The summed E-state index contributed by atoms with van der Waals surface area (Å²) in [5.41, 5.74) is 1.97. The molecule has 1 aliphatic rings. The number of anilines is 1. The van der Waals surface area contributed by atoms with Crippen LogP contribution in [0.4, 0.5) is 5.69 Å². The molecule has 1 aliphatic heterocycles. The highest BCUT2D eigenvalue weighted by atomic mass is 35.5. The summed E-state index contributed by atoms with van der Waals surface area (Å²) in [5, 5.41) is 20.2. The fraction of sp³-hybridized carbons (Fsp3) is 0.353. The average Bonchev–Trinajstić information content (AvgIpc) is 2.89. The molecule has 1 aromatic heterocycles. The molecule has 0 bridgehead atoms. The first-order valence-corrected chi connectivity index (χ1v) is 7.71. The molecule has 0 amide bonds. The summed E-state index contributed by atoms with van der Waals surface area (Å²) in [7, 11) is 0. The Morgan fingerprint density at radius 3 is 2.87 bits per heavy atom. The number of fused-ring (bicyclic) bond motifs is 1. The van der Waals surface area contributed by atoms with Crippen molar-refractivity contribution in [2.45, 2.75) is 20.3 Å². The van der Waals surface area contributed by atoms with Gasteiger partial charge in [0.1, 0.15) is 6.07 Å². The van der Waals surface area contributed by atoms with E-state index in [9.17, 15) is 15.2 Å². The van der Waals surface area contributed by atoms with Gasteiger partial charge in [-0.1, -0.05) is 11.6 Å². The molecule has 2 aromatic rings. The number of pyridine rings is 1. The third-order valence-electron chi connectivity index (χ3n) is 4.47. The number of benzene rings is 1. The number of hydrogen-bond acceptors (Lipinski definition) is 4. The summed E-state index contributed by atoms with van der Waals surface area (Å²) in [6.45, 7) is 4.62. The van der Waals surface area contributed by atoms with Crippen LogP contribution >= 0.6 is 11.6 Å². The molecule has 0 saturated carbocycles. The Morgan fingerprint density at radius 2 is 2.26 bits per heavy atom. The third kappa shape index (κ3) is 2.49. The molecule has 0 aliphatic carbocycles. The van der Waals surface area contributed by atoms with E-state index in [1.165, 1.54) is 6.20 Å². The Kier molecular flexibility index (Phi) is 3.65. The number of aliphatic carboxylic acids is 1. The lowest BCUT2D eigenvalue weighted by molar-refractivity contribution is -0.146. The molecule has 1 N–H and O–H groups in total. The number of aryl methyl sites for hydroxylation is 1. The standard InChI is InChI=1S/C17H16ClN3O2/c1-10-5-12-14(13(18)6-10)20-8-11(7-19)15(12)21-4-3-17(2,9-21)16(22)23/h5-6,8H,3-4,9H2,1-2H3,(H,22,23). The molecule has 6 heteroatoms. The van der Waals surface area contributed by atoms with E-state index in [2.05, 4.69) is 11.1 Å². The van der Waals surface area contributed by atoms with Crippen molar-refractivity contribution in [1.82, 2.24) is 4.98 Å². The van der Waals surface area contributed by atoms with Crippen LogP contribution in [-0.4, -0.2) is 29.1 Å². The van der Waals surface area contributed by atoms with Crippen LogP contribution in [0.15, 0.2) is 18.3 Å². The summed E-state index contributed by atoms with van der Waals surface area (Å²) < 4.78 is 0. The van der Waals surface area contributed by atoms with Gasteiger partial charge in [-0.3, -0.25) is 9.78 Å². The third-order valence-corrected chi connectivity index (χ3v) is 4.76. The van der Waals surface area contributed by atoms with Crippen LogP contribution in [0, 0.1) is 23.7 Å². The van der Waals surface area contributed by atoms with Crippen molar-refractivity contribution >= 4 is 34.2 Å². The van der Waals surface area contributed by atoms with E-state index < -0.39 is 11.4 Å². The van der Waals surface area contributed by atoms with Gasteiger partial charge in [-0.25, -0.2) is 0 Å². The first-order chi connectivity index (χ1) is 10.9. The maximum atomic E-state index is 11.5. The molecule has 1 aromatic carbocycles. The van der Waals surface area contributed by atoms with Crippen LogP contribution in [0.5, 0.6) is 0 Å². The second-order valence-corrected chi connectivity index (χ2v) is 6.72. The summed E-state index contributed by atoms with van der Waals surface area (Å²) >= 11 is 6.28. The zero-order valence-corrected chi connectivity index (χ0v) is 13.7. The highest BCUT2D eigenvalue weighted by Crippen LogP contribution is 2.39. The minimum absolute atomic E-state index is 0.363. The Morgan fingerprint density at radius 1 is 1.52 bits per heavy atom. The smallest absolute Gasteiger partial charge is 0.311 e. The zero-order valence-electron chi connectivity index (χ0n) is 12.9. The normalized spacial score (nSPS) is 20.7. The van der Waals surface area contributed by atoms with E-state index in [4.69, 9.17) is 11.6 Å². The summed E-state index contributed by atoms with van der Waals surface area (Å²) in [6, 6.07) is 5.94. The van der Waals surface area contributed by atoms with Gasteiger partial charge in [0.15, 0.2) is 0 Å². The second kappa shape index (κ2) is 5.39. The van der Waals surface area contributed by atoms with Gasteiger partial charge in [0.25, 0.3) is 0 Å². The minimum Gasteiger partial charge on any atom is -0.481 e. The van der Waals surface area contributed by atoms with Gasteiger partial charge in [-0.05, 0) is 38.0 Å². The molecule has 2 heterocycles. The van der Waals surface area contributed by atoms with Crippen molar-refractivity contribution in [3.8, 4) is 6.07 Å². The van der Waals surface area contributed by atoms with Crippen molar-refractivity contribution < 1.29 is 9.90 Å². The van der Waals surface area contributed by atoms with E-state index in [0.29, 0.717) is 35.6 Å². The van der Waals surface area contributed by atoms with Crippen LogP contribution in [0.2, 0.25) is 5.02 Å². The Labute approximate surface area is 139 Å². The molecule has 1 saturated heterocycles. The van der Waals surface area contributed by atoms with Crippen molar-refractivity contribution in [2.24, 2.45) is 5.41 Å². The number of rotatable bonds is 2. The van der Waals surface area contributed by atoms with Crippen LogP contribution in [0.3, 0.4) is 0 Å². The number of carbonyl (C=O) groups is 1. The van der Waals surface area contributed by atoms with E-state index in [-0.39, 0.29) is 0 Å². The first kappa shape index (κ1) is 15.6. The molecule has 0 radical (unpaired) electrons. The number of carboxylic acid groups (broad SMARTS) is 1.